The number of thioether (sulfide) groups is 1. The van der Waals surface area contributed by atoms with Gasteiger partial charge in [0.25, 0.3) is 0 Å². The summed E-state index contributed by atoms with van der Waals surface area (Å²) in [6, 6.07) is 1.48. The molecule has 3 aromatic rings. The monoisotopic (exact) mass is 488 g/mol. The lowest BCUT2D eigenvalue weighted by atomic mass is 10.2. The maximum atomic E-state index is 13.4. The van der Waals surface area contributed by atoms with E-state index in [1.54, 1.807) is 6.92 Å². The Kier molecular flexibility index (Phi) is 5.86. The van der Waals surface area contributed by atoms with E-state index in [1.807, 2.05) is 0 Å². The summed E-state index contributed by atoms with van der Waals surface area (Å²) in [6.45, 7) is 1.63. The van der Waals surface area contributed by atoms with Crippen molar-refractivity contribution in [3.05, 3.63) is 23.9 Å². The average molecular weight is 488 g/mol. The first-order valence-electron chi connectivity index (χ1n) is 8.56. The standard InChI is InChI=1S/C16H12F8N6OS/c1-3-32-10-9(11-25-8-6-7(15(19,20)21)4-5-30(8)28-11)27-29(2)12(10)26-13(31)14(17,18)16(22,23)24/h4-6H,3H2,1-2H3,(H,26,31). The maximum Gasteiger partial charge on any atom is 0.463 e. The number of fused-ring (bicyclic) bond motifs is 1. The molecule has 32 heavy (non-hydrogen) atoms. The van der Waals surface area contributed by atoms with Crippen molar-refractivity contribution in [2.75, 3.05) is 11.1 Å². The van der Waals surface area contributed by atoms with Gasteiger partial charge < -0.3 is 5.32 Å². The number of nitrogens with one attached hydrogen (secondary N) is 1. The van der Waals surface area contributed by atoms with Crippen molar-refractivity contribution in [3.63, 3.8) is 0 Å². The molecule has 0 atom stereocenters. The van der Waals surface area contributed by atoms with E-state index < -0.39 is 35.6 Å². The molecule has 1 N–H and O–H groups in total. The van der Waals surface area contributed by atoms with Crippen molar-refractivity contribution < 1.29 is 39.9 Å². The van der Waals surface area contributed by atoms with E-state index in [0.29, 0.717) is 0 Å². The van der Waals surface area contributed by atoms with Crippen LogP contribution in [-0.4, -0.2) is 48.1 Å². The largest absolute Gasteiger partial charge is 0.463 e. The molecule has 0 bridgehead atoms. The van der Waals surface area contributed by atoms with Crippen molar-refractivity contribution in [1.82, 2.24) is 24.4 Å². The molecule has 7 nitrogen and oxygen atoms in total. The number of hydrogen-bond acceptors (Lipinski definition) is 5. The Morgan fingerprint density at radius 3 is 2.34 bits per heavy atom. The van der Waals surface area contributed by atoms with E-state index in [2.05, 4.69) is 15.2 Å². The van der Waals surface area contributed by atoms with Crippen LogP contribution >= 0.6 is 11.8 Å². The minimum atomic E-state index is -6.12. The molecule has 0 aliphatic heterocycles. The molecular weight excluding hydrogens is 476 g/mol. The average Bonchev–Trinajstić information content (AvgIpc) is 3.22. The normalized spacial score (nSPS) is 13.1. The van der Waals surface area contributed by atoms with Crippen LogP contribution in [0.3, 0.4) is 0 Å². The van der Waals surface area contributed by atoms with Crippen LogP contribution in [0.25, 0.3) is 17.2 Å². The smallest absolute Gasteiger partial charge is 0.304 e. The van der Waals surface area contributed by atoms with Crippen LogP contribution < -0.4 is 5.32 Å². The molecule has 0 aliphatic carbocycles. The fourth-order valence-corrected chi connectivity index (χ4v) is 3.42. The Hall–Kier alpha value is -2.91. The van der Waals surface area contributed by atoms with Crippen LogP contribution in [0.2, 0.25) is 0 Å². The topological polar surface area (TPSA) is 77.1 Å². The molecular formula is C16H12F8N6OS. The van der Waals surface area contributed by atoms with Gasteiger partial charge in [-0.2, -0.15) is 40.2 Å². The van der Waals surface area contributed by atoms with E-state index in [1.165, 1.54) is 12.4 Å². The molecule has 1 amide bonds. The van der Waals surface area contributed by atoms with Crippen LogP contribution in [-0.2, 0) is 18.0 Å². The zero-order valence-electron chi connectivity index (χ0n) is 16.0. The number of nitrogens with zero attached hydrogens (tertiary/aromatic N) is 5. The van der Waals surface area contributed by atoms with Crippen molar-refractivity contribution in [3.8, 4) is 11.5 Å². The lowest BCUT2D eigenvalue weighted by Crippen LogP contribution is -2.47. The third-order valence-corrected chi connectivity index (χ3v) is 5.01. The van der Waals surface area contributed by atoms with E-state index in [-0.39, 0.29) is 27.8 Å². The molecule has 0 aliphatic rings. The number of rotatable bonds is 5. The number of pyridine rings is 1. The van der Waals surface area contributed by atoms with Crippen molar-refractivity contribution in [2.24, 2.45) is 7.05 Å². The predicted molar refractivity (Wildman–Crippen MR) is 96.2 cm³/mol. The number of aryl methyl sites for hydroxylation is 1. The number of halogens is 8. The zero-order chi connectivity index (χ0) is 24.1. The second-order valence-corrected chi connectivity index (χ2v) is 7.53. The molecule has 3 rings (SSSR count). The van der Waals surface area contributed by atoms with E-state index in [9.17, 15) is 39.9 Å². The second-order valence-electron chi connectivity index (χ2n) is 6.26. The maximum absolute atomic E-state index is 13.4. The molecule has 16 heteroatoms. The number of amides is 1. The fraction of sp³-hybridized carbons (Fsp3) is 0.375. The van der Waals surface area contributed by atoms with Gasteiger partial charge in [-0.15, -0.1) is 16.9 Å². The minimum absolute atomic E-state index is 0.0340. The molecule has 3 heterocycles. The highest BCUT2D eigenvalue weighted by Crippen LogP contribution is 2.39. The number of alkyl halides is 8. The summed E-state index contributed by atoms with van der Waals surface area (Å²) in [5.74, 6) is -8.70. The molecule has 0 radical (unpaired) electrons. The molecule has 3 aromatic heterocycles. The summed E-state index contributed by atoms with van der Waals surface area (Å²) in [7, 11) is 1.17. The summed E-state index contributed by atoms with van der Waals surface area (Å²) in [5.41, 5.74) is -1.32. The molecule has 0 saturated heterocycles. The van der Waals surface area contributed by atoms with Gasteiger partial charge in [-0.25, -0.2) is 9.50 Å². The van der Waals surface area contributed by atoms with Crippen molar-refractivity contribution in [1.29, 1.82) is 0 Å². The first-order chi connectivity index (χ1) is 14.7. The van der Waals surface area contributed by atoms with Crippen LogP contribution in [0.4, 0.5) is 40.9 Å². The van der Waals surface area contributed by atoms with Crippen LogP contribution in [0.5, 0.6) is 0 Å². The van der Waals surface area contributed by atoms with E-state index in [0.717, 1.165) is 39.3 Å². The van der Waals surface area contributed by atoms with E-state index >= 15 is 0 Å². The number of anilines is 1. The van der Waals surface area contributed by atoms with Crippen LogP contribution in [0.1, 0.15) is 12.5 Å². The Morgan fingerprint density at radius 1 is 1.12 bits per heavy atom. The Bertz CT molecular complexity index is 1170. The highest BCUT2D eigenvalue weighted by molar-refractivity contribution is 7.99. The van der Waals surface area contributed by atoms with Crippen molar-refractivity contribution in [2.45, 2.75) is 30.1 Å². The van der Waals surface area contributed by atoms with Gasteiger partial charge >= 0.3 is 24.2 Å². The van der Waals surface area contributed by atoms with Crippen molar-refractivity contribution >= 4 is 29.1 Å². The highest BCUT2D eigenvalue weighted by Gasteiger charge is 2.63. The predicted octanol–water partition coefficient (Wildman–Crippen LogP) is 4.40. The molecule has 174 valence electrons. The van der Waals surface area contributed by atoms with Gasteiger partial charge in [0.2, 0.25) is 5.82 Å². The molecule has 0 aromatic carbocycles. The quantitative estimate of drug-likeness (QED) is 0.426. The lowest BCUT2D eigenvalue weighted by Gasteiger charge is -2.19. The first-order valence-corrected chi connectivity index (χ1v) is 9.55. The number of hydrogen-bond donors (Lipinski definition) is 1. The first kappa shape index (κ1) is 23.7. The number of carbonyl (C=O) groups is 1. The summed E-state index contributed by atoms with van der Waals surface area (Å²) >= 11 is 0.928. The van der Waals surface area contributed by atoms with Crippen LogP contribution in [0.15, 0.2) is 23.2 Å². The third kappa shape index (κ3) is 4.22. The molecule has 0 fully saturated rings. The third-order valence-electron chi connectivity index (χ3n) is 4.04. The van der Waals surface area contributed by atoms with Gasteiger partial charge in [-0.1, -0.05) is 6.92 Å². The highest BCUT2D eigenvalue weighted by atomic mass is 32.2. The van der Waals surface area contributed by atoms with Gasteiger partial charge in [-0.05, 0) is 17.9 Å². The minimum Gasteiger partial charge on any atom is -0.304 e. The second kappa shape index (κ2) is 7.90. The summed E-state index contributed by atoms with van der Waals surface area (Å²) in [5, 5.41) is 9.46. The Balaban J connectivity index is 2.06. The number of carbonyl (C=O) groups excluding carboxylic acids is 1. The molecule has 0 saturated carbocycles. The van der Waals surface area contributed by atoms with Crippen LogP contribution in [0, 0.1) is 0 Å². The van der Waals surface area contributed by atoms with Gasteiger partial charge in [0.05, 0.1) is 10.5 Å². The molecule has 0 unspecified atom stereocenters. The van der Waals surface area contributed by atoms with Gasteiger partial charge in [0.1, 0.15) is 11.5 Å². The van der Waals surface area contributed by atoms with Gasteiger partial charge in [0.15, 0.2) is 5.65 Å². The Morgan fingerprint density at radius 2 is 1.78 bits per heavy atom. The zero-order valence-corrected chi connectivity index (χ0v) is 16.8. The van der Waals surface area contributed by atoms with E-state index in [4.69, 9.17) is 0 Å². The van der Waals surface area contributed by atoms with Gasteiger partial charge in [0, 0.05) is 13.2 Å². The fourth-order valence-electron chi connectivity index (χ4n) is 2.54. The summed E-state index contributed by atoms with van der Waals surface area (Å²) < 4.78 is 105. The number of aromatic nitrogens is 5. The summed E-state index contributed by atoms with van der Waals surface area (Å²) in [6.07, 6.45) is -9.75. The Labute approximate surface area is 177 Å². The SMILES string of the molecule is CCSc1c(-c2nc3cc(C(F)(F)F)ccn3n2)nn(C)c1NC(=O)C(F)(F)C(F)(F)F. The summed E-state index contributed by atoms with van der Waals surface area (Å²) in [4.78, 5) is 15.5. The lowest BCUT2D eigenvalue weighted by molar-refractivity contribution is -0.267. The van der Waals surface area contributed by atoms with Gasteiger partial charge in [-0.3, -0.25) is 9.48 Å². The molecule has 0 spiro atoms.